The number of rotatable bonds is 0. The van der Waals surface area contributed by atoms with Crippen molar-refractivity contribution in [2.24, 2.45) is 16.7 Å². The molecular formula is C62H90. The van der Waals surface area contributed by atoms with E-state index in [0.717, 1.165) is 11.8 Å². The summed E-state index contributed by atoms with van der Waals surface area (Å²) in [5, 5.41) is 2.71. The maximum absolute atomic E-state index is 2.38. The van der Waals surface area contributed by atoms with Gasteiger partial charge in [0.15, 0.2) is 0 Å². The Morgan fingerprint density at radius 2 is 0.887 bits per heavy atom. The number of hydrogen-bond donors (Lipinski definition) is 0. The second-order valence-corrected chi connectivity index (χ2v) is 24.0. The predicted molar refractivity (Wildman–Crippen MR) is 277 cm³/mol. The Kier molecular flexibility index (Phi) is 18.4. The molecule has 0 heteroatoms. The van der Waals surface area contributed by atoms with Crippen LogP contribution in [0.2, 0.25) is 0 Å². The summed E-state index contributed by atoms with van der Waals surface area (Å²) in [4.78, 5) is 0. The van der Waals surface area contributed by atoms with Crippen LogP contribution in [-0.2, 0) is 35.5 Å². The fraction of sp³-hybridized carbons (Fsp3) is 0.548. The van der Waals surface area contributed by atoms with Gasteiger partial charge in [-0.05, 0) is 146 Å². The minimum absolute atomic E-state index is 0.223. The van der Waals surface area contributed by atoms with Crippen molar-refractivity contribution >= 4 is 10.8 Å². The molecule has 0 amide bonds. The summed E-state index contributed by atoms with van der Waals surface area (Å²) in [7, 11) is 0. The SMILES string of the molecule is CC(C)(C)C1CCCCC1.CC(C)(C)C1CCCc2ccccc21.CC(C)(C)c1cccc2c1CCCC2.CC(C)(C)c1cccc2ccccc12.CC(C)(C)c1ccccc1. The number of hydrogen-bond acceptors (Lipinski definition) is 0. The first-order valence-corrected chi connectivity index (χ1v) is 24.7. The van der Waals surface area contributed by atoms with Crippen molar-refractivity contribution in [3.05, 3.63) is 154 Å². The van der Waals surface area contributed by atoms with Crippen molar-refractivity contribution in [3.63, 3.8) is 0 Å². The van der Waals surface area contributed by atoms with E-state index in [4.69, 9.17) is 0 Å². The third-order valence-corrected chi connectivity index (χ3v) is 13.7. The Bertz CT molecular complexity index is 2050. The van der Waals surface area contributed by atoms with Crippen molar-refractivity contribution in [1.29, 1.82) is 0 Å². The van der Waals surface area contributed by atoms with Gasteiger partial charge < -0.3 is 0 Å². The minimum atomic E-state index is 0.223. The molecular weight excluding hydrogens is 745 g/mol. The van der Waals surface area contributed by atoms with E-state index < -0.39 is 0 Å². The molecule has 0 radical (unpaired) electrons. The summed E-state index contributed by atoms with van der Waals surface area (Å²) in [6.07, 6.45) is 16.7. The molecule has 0 heterocycles. The standard InChI is InChI=1S/2C14H20.C14H16.C10H20.C10H14/c3*1-14(2,3)13-10-6-8-11-7-4-5-9-12(11)13;2*1-10(2,3)9-7-5-4-6-8-9/h6,8,10H,4-5,7,9H2,1-3H3;4-5,7,9,13H,6,8,10H2,1-3H3;4-10H,1-3H3;9H,4-8H2,1-3H3;4-8H,1-3H3. The highest BCUT2D eigenvalue weighted by atomic mass is 14.3. The van der Waals surface area contributed by atoms with E-state index in [1.54, 1.807) is 27.8 Å². The Morgan fingerprint density at radius 3 is 1.47 bits per heavy atom. The molecule has 1 atom stereocenters. The van der Waals surface area contributed by atoms with Crippen LogP contribution in [-0.4, -0.2) is 0 Å². The molecule has 0 nitrogen and oxygen atoms in total. The highest BCUT2D eigenvalue weighted by Gasteiger charge is 2.30. The average Bonchev–Trinajstić information content (AvgIpc) is 3.23. The van der Waals surface area contributed by atoms with Gasteiger partial charge in [0.05, 0.1) is 0 Å². The summed E-state index contributed by atoms with van der Waals surface area (Å²) in [6.45, 7) is 34.6. The van der Waals surface area contributed by atoms with E-state index in [0.29, 0.717) is 21.7 Å². The van der Waals surface area contributed by atoms with E-state index in [1.165, 1.54) is 98.9 Å². The van der Waals surface area contributed by atoms with E-state index in [9.17, 15) is 0 Å². The molecule has 3 aliphatic carbocycles. The summed E-state index contributed by atoms with van der Waals surface area (Å²) in [5.74, 6) is 1.76. The van der Waals surface area contributed by atoms with Crippen LogP contribution in [0.4, 0.5) is 0 Å². The summed E-state index contributed by atoms with van der Waals surface area (Å²) >= 11 is 0. The second kappa shape index (κ2) is 22.3. The lowest BCUT2D eigenvalue weighted by molar-refractivity contribution is 0.180. The second-order valence-electron chi connectivity index (χ2n) is 24.0. The zero-order chi connectivity index (χ0) is 45.8. The van der Waals surface area contributed by atoms with Crippen molar-refractivity contribution < 1.29 is 0 Å². The third kappa shape index (κ3) is 15.6. The van der Waals surface area contributed by atoms with Gasteiger partial charge in [-0.15, -0.1) is 0 Å². The van der Waals surface area contributed by atoms with Crippen LogP contribution in [0.25, 0.3) is 10.8 Å². The monoisotopic (exact) mass is 835 g/mol. The largest absolute Gasteiger partial charge is 0.0622 e. The first-order chi connectivity index (χ1) is 29.0. The summed E-state index contributed by atoms with van der Waals surface area (Å²) in [5.41, 5.74) is 12.6. The fourth-order valence-electron chi connectivity index (χ4n) is 9.92. The van der Waals surface area contributed by atoms with Gasteiger partial charge in [0.1, 0.15) is 0 Å². The lowest BCUT2D eigenvalue weighted by Crippen LogP contribution is -2.22. The Morgan fingerprint density at radius 1 is 0.371 bits per heavy atom. The van der Waals surface area contributed by atoms with Crippen LogP contribution in [0.3, 0.4) is 0 Å². The zero-order valence-electron chi connectivity index (χ0n) is 42.6. The summed E-state index contributed by atoms with van der Waals surface area (Å²) in [6, 6.07) is 41.5. The van der Waals surface area contributed by atoms with Crippen molar-refractivity contribution in [2.45, 2.75) is 203 Å². The maximum Gasteiger partial charge on any atom is -0.0110 e. The van der Waals surface area contributed by atoms with Crippen LogP contribution >= 0.6 is 0 Å². The van der Waals surface area contributed by atoms with Gasteiger partial charge in [-0.1, -0.05) is 238 Å². The summed E-state index contributed by atoms with van der Waals surface area (Å²) < 4.78 is 0. The molecule has 0 aliphatic heterocycles. The average molecular weight is 835 g/mol. The molecule has 338 valence electrons. The molecule has 0 bridgehead atoms. The third-order valence-electron chi connectivity index (χ3n) is 13.7. The lowest BCUT2D eigenvalue weighted by atomic mass is 9.69. The van der Waals surface area contributed by atoms with E-state index in [1.807, 2.05) is 0 Å². The molecule has 0 saturated heterocycles. The van der Waals surface area contributed by atoms with Gasteiger partial charge in [0, 0.05) is 0 Å². The fourth-order valence-corrected chi connectivity index (χ4v) is 9.92. The van der Waals surface area contributed by atoms with E-state index in [-0.39, 0.29) is 5.41 Å². The van der Waals surface area contributed by atoms with Gasteiger partial charge >= 0.3 is 0 Å². The topological polar surface area (TPSA) is 0 Å². The Balaban J connectivity index is 0.000000172. The molecule has 1 fully saturated rings. The Labute approximate surface area is 383 Å². The molecule has 5 aromatic rings. The predicted octanol–water partition coefficient (Wildman–Crippen LogP) is 18.7. The molecule has 62 heavy (non-hydrogen) atoms. The van der Waals surface area contributed by atoms with Crippen molar-refractivity contribution in [3.8, 4) is 0 Å². The molecule has 5 aromatic carbocycles. The van der Waals surface area contributed by atoms with Crippen molar-refractivity contribution in [2.75, 3.05) is 0 Å². The van der Waals surface area contributed by atoms with Crippen LogP contribution in [0.15, 0.2) is 115 Å². The molecule has 1 saturated carbocycles. The maximum atomic E-state index is 2.38. The highest BCUT2D eigenvalue weighted by Crippen LogP contribution is 2.43. The molecule has 3 aliphatic rings. The van der Waals surface area contributed by atoms with Crippen molar-refractivity contribution in [1.82, 2.24) is 0 Å². The minimum Gasteiger partial charge on any atom is -0.0622 e. The van der Waals surface area contributed by atoms with Gasteiger partial charge in [0.2, 0.25) is 0 Å². The molecule has 0 aromatic heterocycles. The number of aryl methyl sites for hydroxylation is 2. The van der Waals surface area contributed by atoms with Gasteiger partial charge in [-0.2, -0.15) is 0 Å². The normalized spacial score (nSPS) is 16.9. The van der Waals surface area contributed by atoms with E-state index >= 15 is 0 Å². The number of fused-ring (bicyclic) bond motifs is 3. The first kappa shape index (κ1) is 51.0. The molecule has 0 N–H and O–H groups in total. The molecule has 0 spiro atoms. The highest BCUT2D eigenvalue weighted by molar-refractivity contribution is 5.86. The smallest absolute Gasteiger partial charge is 0.0110 e. The van der Waals surface area contributed by atoms with Crippen LogP contribution in [0.5, 0.6) is 0 Å². The Hall–Kier alpha value is -3.64. The van der Waals surface area contributed by atoms with Gasteiger partial charge in [-0.25, -0.2) is 0 Å². The van der Waals surface area contributed by atoms with Gasteiger partial charge in [-0.3, -0.25) is 0 Å². The zero-order valence-corrected chi connectivity index (χ0v) is 42.6. The van der Waals surface area contributed by atoms with Crippen LogP contribution in [0, 0.1) is 16.7 Å². The lowest BCUT2D eigenvalue weighted by Gasteiger charge is -2.35. The number of benzene rings is 5. The van der Waals surface area contributed by atoms with Crippen LogP contribution < -0.4 is 0 Å². The van der Waals surface area contributed by atoms with E-state index in [2.05, 4.69) is 219 Å². The quantitative estimate of drug-likeness (QED) is 0.146. The molecule has 1 unspecified atom stereocenters. The first-order valence-electron chi connectivity index (χ1n) is 24.7. The van der Waals surface area contributed by atoms with Gasteiger partial charge in [0.25, 0.3) is 0 Å². The molecule has 8 rings (SSSR count). The van der Waals surface area contributed by atoms with Crippen LogP contribution in [0.1, 0.15) is 207 Å².